The lowest BCUT2D eigenvalue weighted by atomic mass is 10.2. The molecular formula is C12H30O4. The van der Waals surface area contributed by atoms with E-state index < -0.39 is 0 Å². The zero-order valence-corrected chi connectivity index (χ0v) is 11.5. The lowest BCUT2D eigenvalue weighted by molar-refractivity contribution is -0.140. The first-order chi connectivity index (χ1) is 7.18. The molecule has 0 spiro atoms. The first kappa shape index (κ1) is 24.6. The van der Waals surface area contributed by atoms with Gasteiger partial charge in [0.1, 0.15) is 0 Å². The largest absolute Gasteiger partial charge is 0.466 e. The molecule has 102 valence electrons. The van der Waals surface area contributed by atoms with Crippen molar-refractivity contribution < 1.29 is 20.1 Å². The molecule has 0 rings (SSSR count). The number of hydrogen-bond acceptors (Lipinski definition) is 3. The molecule has 0 heterocycles. The molecule has 0 aromatic rings. The first-order valence-corrected chi connectivity index (χ1v) is 5.77. The summed E-state index contributed by atoms with van der Waals surface area (Å²) in [6.45, 7) is 8.14. The van der Waals surface area contributed by atoms with E-state index in [4.69, 9.17) is 5.11 Å². The Labute approximate surface area is 100 Å². The van der Waals surface area contributed by atoms with Crippen LogP contribution in [0.3, 0.4) is 0 Å². The third-order valence-electron chi connectivity index (χ3n) is 1.55. The molecule has 16 heavy (non-hydrogen) atoms. The van der Waals surface area contributed by atoms with Gasteiger partial charge in [-0.05, 0) is 6.92 Å². The van der Waals surface area contributed by atoms with Crippen LogP contribution in [0.15, 0.2) is 0 Å². The van der Waals surface area contributed by atoms with Gasteiger partial charge in [0.15, 0.2) is 0 Å². The van der Waals surface area contributed by atoms with E-state index in [9.17, 15) is 4.79 Å². The molecule has 4 nitrogen and oxygen atoms in total. The minimum Gasteiger partial charge on any atom is -0.466 e. The smallest absolute Gasteiger partial charge is 0.302 e. The SMILES string of the molecule is CCCCCCC.CCOC(C)=O.CO.O. The Hall–Kier alpha value is -0.610. The van der Waals surface area contributed by atoms with Crippen LogP contribution in [0.25, 0.3) is 0 Å². The summed E-state index contributed by atoms with van der Waals surface area (Å²) in [5.41, 5.74) is 0. The summed E-state index contributed by atoms with van der Waals surface area (Å²) in [5.74, 6) is -0.211. The highest BCUT2D eigenvalue weighted by Gasteiger charge is 1.81. The van der Waals surface area contributed by atoms with Crippen molar-refractivity contribution in [1.82, 2.24) is 0 Å². The number of rotatable bonds is 5. The van der Waals surface area contributed by atoms with E-state index in [-0.39, 0.29) is 11.4 Å². The van der Waals surface area contributed by atoms with Crippen molar-refractivity contribution in [2.75, 3.05) is 13.7 Å². The van der Waals surface area contributed by atoms with E-state index in [1.807, 2.05) is 0 Å². The fourth-order valence-electron chi connectivity index (χ4n) is 0.880. The van der Waals surface area contributed by atoms with Gasteiger partial charge in [-0.3, -0.25) is 4.79 Å². The monoisotopic (exact) mass is 238 g/mol. The van der Waals surface area contributed by atoms with Crippen LogP contribution in [-0.4, -0.2) is 30.3 Å². The van der Waals surface area contributed by atoms with Crippen molar-refractivity contribution in [2.45, 2.75) is 59.8 Å². The number of hydrogen-bond donors (Lipinski definition) is 1. The molecule has 3 N–H and O–H groups in total. The van der Waals surface area contributed by atoms with Gasteiger partial charge >= 0.3 is 5.97 Å². The van der Waals surface area contributed by atoms with Gasteiger partial charge in [-0.25, -0.2) is 0 Å². The molecule has 0 unspecified atom stereocenters. The van der Waals surface area contributed by atoms with Crippen LogP contribution < -0.4 is 0 Å². The third-order valence-corrected chi connectivity index (χ3v) is 1.55. The number of carbonyl (C=O) groups is 1. The second-order valence-electron chi connectivity index (χ2n) is 2.99. The summed E-state index contributed by atoms with van der Waals surface area (Å²) >= 11 is 0. The predicted octanol–water partition coefficient (Wildman–Crippen LogP) is 2.33. The van der Waals surface area contributed by atoms with Crippen molar-refractivity contribution in [3.63, 3.8) is 0 Å². The van der Waals surface area contributed by atoms with E-state index in [0.717, 1.165) is 7.11 Å². The molecule has 0 aromatic heterocycles. The highest BCUT2D eigenvalue weighted by Crippen LogP contribution is 2.00. The van der Waals surface area contributed by atoms with Crippen LogP contribution in [0.2, 0.25) is 0 Å². The standard InChI is InChI=1S/C7H16.C4H8O2.CH4O.H2O/c1-3-5-7-6-4-2;1-3-6-4(2)5;1-2;/h3-7H2,1-2H3;3H2,1-2H3;2H,1H3;1H2. The minimum atomic E-state index is -0.211. The van der Waals surface area contributed by atoms with Crippen LogP contribution in [-0.2, 0) is 9.53 Å². The Kier molecular flexibility index (Phi) is 44.9. The number of carbonyl (C=O) groups excluding carboxylic acids is 1. The Morgan fingerprint density at radius 3 is 1.50 bits per heavy atom. The Morgan fingerprint density at radius 2 is 1.38 bits per heavy atom. The molecule has 0 saturated heterocycles. The summed E-state index contributed by atoms with van der Waals surface area (Å²) in [4.78, 5) is 9.82. The molecule has 0 aliphatic carbocycles. The Morgan fingerprint density at radius 1 is 1.00 bits per heavy atom. The van der Waals surface area contributed by atoms with E-state index in [1.165, 1.54) is 39.0 Å². The molecule has 0 amide bonds. The number of esters is 1. The van der Waals surface area contributed by atoms with Crippen molar-refractivity contribution in [3.8, 4) is 0 Å². The van der Waals surface area contributed by atoms with Gasteiger partial charge in [0.25, 0.3) is 0 Å². The molecule has 0 atom stereocenters. The Balaban J connectivity index is -0.0000000743. The fourth-order valence-corrected chi connectivity index (χ4v) is 0.880. The van der Waals surface area contributed by atoms with Crippen LogP contribution in [0.4, 0.5) is 0 Å². The first-order valence-electron chi connectivity index (χ1n) is 5.77. The quantitative estimate of drug-likeness (QED) is 0.589. The van der Waals surface area contributed by atoms with Gasteiger partial charge in [0, 0.05) is 14.0 Å². The Bertz CT molecular complexity index is 101. The molecule has 0 bridgehead atoms. The maximum absolute atomic E-state index is 9.82. The fraction of sp³-hybridized carbons (Fsp3) is 0.917. The summed E-state index contributed by atoms with van der Waals surface area (Å²) in [6, 6.07) is 0. The lowest BCUT2D eigenvalue weighted by Crippen LogP contribution is -1.95. The van der Waals surface area contributed by atoms with Gasteiger partial charge in [-0.1, -0.05) is 46.0 Å². The summed E-state index contributed by atoms with van der Waals surface area (Å²) in [5, 5.41) is 7.00. The van der Waals surface area contributed by atoms with Crippen molar-refractivity contribution in [3.05, 3.63) is 0 Å². The second kappa shape index (κ2) is 29.3. The normalized spacial score (nSPS) is 7.38. The molecule has 0 aliphatic heterocycles. The number of aliphatic hydroxyl groups is 1. The average Bonchev–Trinajstić information content (AvgIpc) is 2.22. The summed E-state index contributed by atoms with van der Waals surface area (Å²) in [6.07, 6.45) is 7.01. The molecule has 0 radical (unpaired) electrons. The molecular weight excluding hydrogens is 208 g/mol. The van der Waals surface area contributed by atoms with E-state index in [0.29, 0.717) is 6.61 Å². The van der Waals surface area contributed by atoms with Gasteiger partial charge in [0.2, 0.25) is 0 Å². The summed E-state index contributed by atoms with van der Waals surface area (Å²) in [7, 11) is 1.00. The molecule has 0 fully saturated rings. The van der Waals surface area contributed by atoms with Crippen LogP contribution in [0.5, 0.6) is 0 Å². The van der Waals surface area contributed by atoms with Gasteiger partial charge in [0.05, 0.1) is 6.61 Å². The van der Waals surface area contributed by atoms with Crippen molar-refractivity contribution in [2.24, 2.45) is 0 Å². The molecule has 4 heteroatoms. The van der Waals surface area contributed by atoms with Crippen molar-refractivity contribution >= 4 is 5.97 Å². The maximum atomic E-state index is 9.82. The minimum absolute atomic E-state index is 0. The second-order valence-corrected chi connectivity index (χ2v) is 2.99. The van der Waals surface area contributed by atoms with E-state index in [2.05, 4.69) is 18.6 Å². The van der Waals surface area contributed by atoms with E-state index in [1.54, 1.807) is 6.92 Å². The van der Waals surface area contributed by atoms with Gasteiger partial charge in [-0.15, -0.1) is 0 Å². The predicted molar refractivity (Wildman–Crippen MR) is 68.5 cm³/mol. The highest BCUT2D eigenvalue weighted by atomic mass is 16.5. The number of ether oxygens (including phenoxy) is 1. The number of aliphatic hydroxyl groups excluding tert-OH is 1. The third kappa shape index (κ3) is 50.3. The van der Waals surface area contributed by atoms with Crippen LogP contribution in [0.1, 0.15) is 59.8 Å². The average molecular weight is 238 g/mol. The van der Waals surface area contributed by atoms with Gasteiger partial charge in [-0.2, -0.15) is 0 Å². The zero-order chi connectivity index (χ0) is 12.5. The zero-order valence-electron chi connectivity index (χ0n) is 11.5. The summed E-state index contributed by atoms with van der Waals surface area (Å²) < 4.78 is 4.40. The highest BCUT2D eigenvalue weighted by molar-refractivity contribution is 5.65. The van der Waals surface area contributed by atoms with Crippen molar-refractivity contribution in [1.29, 1.82) is 0 Å². The molecule has 0 saturated carbocycles. The number of unbranched alkanes of at least 4 members (excludes halogenated alkanes) is 4. The topological polar surface area (TPSA) is 78.0 Å². The molecule has 0 aliphatic rings. The van der Waals surface area contributed by atoms with Gasteiger partial charge < -0.3 is 15.3 Å². The maximum Gasteiger partial charge on any atom is 0.302 e. The van der Waals surface area contributed by atoms with Crippen LogP contribution >= 0.6 is 0 Å². The molecule has 0 aromatic carbocycles. The lowest BCUT2D eigenvalue weighted by Gasteiger charge is -1.90. The van der Waals surface area contributed by atoms with E-state index >= 15 is 0 Å². The van der Waals surface area contributed by atoms with Crippen LogP contribution in [0, 0.1) is 0 Å².